The molecule has 0 bridgehead atoms. The third kappa shape index (κ3) is 2.46. The van der Waals surface area contributed by atoms with Crippen molar-refractivity contribution >= 4 is 5.97 Å². The molecule has 2 rings (SSSR count). The fourth-order valence-corrected chi connectivity index (χ4v) is 2.30. The van der Waals surface area contributed by atoms with E-state index in [2.05, 4.69) is 5.32 Å². The molecule has 1 aromatic rings. The van der Waals surface area contributed by atoms with E-state index in [4.69, 9.17) is 5.11 Å². The van der Waals surface area contributed by atoms with Gasteiger partial charge < -0.3 is 15.5 Å². The van der Waals surface area contributed by atoms with Crippen molar-refractivity contribution in [3.05, 3.63) is 29.6 Å². The summed E-state index contributed by atoms with van der Waals surface area (Å²) in [5, 5.41) is 21.6. The zero-order valence-electron chi connectivity index (χ0n) is 10.1. The third-order valence-corrected chi connectivity index (χ3v) is 3.53. The Bertz CT molecular complexity index is 469. The second kappa shape index (κ2) is 4.57. The molecule has 1 aliphatic rings. The van der Waals surface area contributed by atoms with Crippen molar-refractivity contribution in [3.63, 3.8) is 0 Å². The van der Waals surface area contributed by atoms with E-state index in [0.29, 0.717) is 24.9 Å². The lowest BCUT2D eigenvalue weighted by Crippen LogP contribution is -2.51. The molecule has 0 amide bonds. The van der Waals surface area contributed by atoms with Crippen molar-refractivity contribution in [1.82, 2.24) is 5.32 Å². The largest absolute Gasteiger partial charge is 0.508 e. The van der Waals surface area contributed by atoms with Crippen molar-refractivity contribution in [2.45, 2.75) is 32.4 Å². The summed E-state index contributed by atoms with van der Waals surface area (Å²) in [5.41, 5.74) is -0.166. The molecule has 1 fully saturated rings. The minimum absolute atomic E-state index is 0.0456. The Morgan fingerprint density at radius 3 is 2.83 bits per heavy atom. The molecule has 98 valence electrons. The highest BCUT2D eigenvalue weighted by atomic mass is 19.1. The molecule has 3 N–H and O–H groups in total. The molecule has 0 unspecified atom stereocenters. The number of aromatic hydroxyl groups is 1. The number of nitrogens with one attached hydrogen (secondary N) is 1. The number of rotatable bonds is 4. The van der Waals surface area contributed by atoms with Crippen molar-refractivity contribution < 1.29 is 19.4 Å². The summed E-state index contributed by atoms with van der Waals surface area (Å²) in [5.74, 6) is -1.13. The maximum absolute atomic E-state index is 13.0. The molecule has 0 heterocycles. The van der Waals surface area contributed by atoms with Gasteiger partial charge in [0.2, 0.25) is 0 Å². The lowest BCUT2D eigenvalue weighted by molar-refractivity contribution is -0.154. The molecule has 0 atom stereocenters. The summed E-state index contributed by atoms with van der Waals surface area (Å²) in [4.78, 5) is 10.9. The number of hydrogen-bond acceptors (Lipinski definition) is 3. The van der Waals surface area contributed by atoms with E-state index in [1.165, 1.54) is 18.2 Å². The second-order valence-electron chi connectivity index (χ2n) is 5.12. The van der Waals surface area contributed by atoms with E-state index in [1.807, 2.05) is 0 Å². The summed E-state index contributed by atoms with van der Waals surface area (Å²) in [7, 11) is 0. The Morgan fingerprint density at radius 1 is 1.56 bits per heavy atom. The fourth-order valence-electron chi connectivity index (χ4n) is 2.30. The molecule has 5 heteroatoms. The van der Waals surface area contributed by atoms with Gasteiger partial charge in [0.1, 0.15) is 11.6 Å². The normalized spacial score (nSPS) is 26.7. The van der Waals surface area contributed by atoms with Gasteiger partial charge in [0.05, 0.1) is 5.41 Å². The third-order valence-electron chi connectivity index (χ3n) is 3.53. The number of carboxylic acid groups (broad SMARTS) is 1. The molecule has 0 spiro atoms. The molecule has 1 aliphatic carbocycles. The summed E-state index contributed by atoms with van der Waals surface area (Å²) in [6.45, 7) is 2.05. The van der Waals surface area contributed by atoms with Crippen LogP contribution in [0.15, 0.2) is 18.2 Å². The Kier molecular flexibility index (Phi) is 3.26. The molecule has 0 aliphatic heterocycles. The molecule has 18 heavy (non-hydrogen) atoms. The van der Waals surface area contributed by atoms with Crippen molar-refractivity contribution in [2.75, 3.05) is 0 Å². The van der Waals surface area contributed by atoms with Gasteiger partial charge in [-0.15, -0.1) is 0 Å². The van der Waals surface area contributed by atoms with Crippen molar-refractivity contribution in [2.24, 2.45) is 5.41 Å². The average Bonchev–Trinajstić information content (AvgIpc) is 2.26. The summed E-state index contributed by atoms with van der Waals surface area (Å²) >= 11 is 0. The molecular weight excluding hydrogens is 237 g/mol. The fraction of sp³-hybridized carbons (Fsp3) is 0.462. The summed E-state index contributed by atoms with van der Waals surface area (Å²) < 4.78 is 13.0. The van der Waals surface area contributed by atoms with E-state index in [1.54, 1.807) is 6.92 Å². The predicted molar refractivity (Wildman–Crippen MR) is 63.7 cm³/mol. The van der Waals surface area contributed by atoms with Gasteiger partial charge in [-0.2, -0.15) is 0 Å². The molecule has 1 aromatic carbocycles. The maximum Gasteiger partial charge on any atom is 0.309 e. The highest BCUT2D eigenvalue weighted by molar-refractivity contribution is 5.75. The van der Waals surface area contributed by atoms with E-state index < -0.39 is 17.2 Å². The van der Waals surface area contributed by atoms with Gasteiger partial charge >= 0.3 is 5.97 Å². The number of hydrogen-bond donors (Lipinski definition) is 3. The number of aliphatic carboxylic acids is 1. The maximum atomic E-state index is 13.0. The van der Waals surface area contributed by atoms with E-state index in [9.17, 15) is 14.3 Å². The van der Waals surface area contributed by atoms with Crippen molar-refractivity contribution in [3.8, 4) is 5.75 Å². The standard InChI is InChI=1S/C13H16FNO3/c1-13(12(17)18)5-10(6-13)15-7-8-4-9(14)2-3-11(8)16/h2-4,10,15-16H,5-7H2,1H3,(H,17,18). The van der Waals surface area contributed by atoms with Crippen LogP contribution in [0.3, 0.4) is 0 Å². The van der Waals surface area contributed by atoms with Crippen LogP contribution < -0.4 is 5.32 Å². The van der Waals surface area contributed by atoms with Crippen LogP contribution in [0.25, 0.3) is 0 Å². The highest BCUT2D eigenvalue weighted by Crippen LogP contribution is 2.41. The van der Waals surface area contributed by atoms with Gasteiger partial charge in [0.25, 0.3) is 0 Å². The lowest BCUT2D eigenvalue weighted by atomic mass is 9.67. The SMILES string of the molecule is CC1(C(=O)O)CC(NCc2cc(F)ccc2O)C1. The Hall–Kier alpha value is -1.62. The van der Waals surface area contributed by atoms with Crippen LogP contribution in [-0.2, 0) is 11.3 Å². The Labute approximate surface area is 104 Å². The average molecular weight is 253 g/mol. The first kappa shape index (κ1) is 12.8. The molecule has 4 nitrogen and oxygen atoms in total. The molecule has 0 radical (unpaired) electrons. The first-order chi connectivity index (χ1) is 8.40. The smallest absolute Gasteiger partial charge is 0.309 e. The van der Waals surface area contributed by atoms with Crippen molar-refractivity contribution in [1.29, 1.82) is 0 Å². The monoisotopic (exact) mass is 253 g/mol. The Morgan fingerprint density at radius 2 is 2.22 bits per heavy atom. The first-order valence-corrected chi connectivity index (χ1v) is 5.85. The van der Waals surface area contributed by atoms with Gasteiger partial charge in [0, 0.05) is 18.2 Å². The van der Waals surface area contributed by atoms with Crippen LogP contribution in [-0.4, -0.2) is 22.2 Å². The molecule has 1 saturated carbocycles. The number of halogens is 1. The topological polar surface area (TPSA) is 69.6 Å². The number of carboxylic acids is 1. The van der Waals surface area contributed by atoms with E-state index in [-0.39, 0.29) is 11.8 Å². The summed E-state index contributed by atoms with van der Waals surface area (Å²) in [6.07, 6.45) is 1.11. The van der Waals surface area contributed by atoms with Gasteiger partial charge in [-0.25, -0.2) is 4.39 Å². The zero-order valence-corrected chi connectivity index (χ0v) is 10.1. The van der Waals surface area contributed by atoms with Crippen LogP contribution >= 0.6 is 0 Å². The van der Waals surface area contributed by atoms with E-state index in [0.717, 1.165) is 0 Å². The quantitative estimate of drug-likeness (QED) is 0.766. The van der Waals surface area contributed by atoms with E-state index >= 15 is 0 Å². The van der Waals surface area contributed by atoms with Gasteiger partial charge in [-0.1, -0.05) is 0 Å². The van der Waals surface area contributed by atoms with Crippen LogP contribution in [0.1, 0.15) is 25.3 Å². The number of carbonyl (C=O) groups is 1. The Balaban J connectivity index is 1.87. The first-order valence-electron chi connectivity index (χ1n) is 5.85. The molecule has 0 aromatic heterocycles. The number of phenols is 1. The molecule has 0 saturated heterocycles. The summed E-state index contributed by atoms with van der Waals surface area (Å²) in [6, 6.07) is 3.89. The van der Waals surface area contributed by atoms with Crippen LogP contribution in [0.4, 0.5) is 4.39 Å². The minimum Gasteiger partial charge on any atom is -0.508 e. The van der Waals surface area contributed by atoms with Gasteiger partial charge in [0.15, 0.2) is 0 Å². The lowest BCUT2D eigenvalue weighted by Gasteiger charge is -2.42. The number of benzene rings is 1. The molecular formula is C13H16FNO3. The van der Waals surface area contributed by atoms with Gasteiger partial charge in [-0.3, -0.25) is 4.79 Å². The second-order valence-corrected chi connectivity index (χ2v) is 5.12. The minimum atomic E-state index is -0.783. The van der Waals surface area contributed by atoms with Gasteiger partial charge in [-0.05, 0) is 38.0 Å². The predicted octanol–water partition coefficient (Wildman–Crippen LogP) is 1.87. The van der Waals surface area contributed by atoms with Crippen LogP contribution in [0.5, 0.6) is 5.75 Å². The highest BCUT2D eigenvalue weighted by Gasteiger charge is 2.46. The van der Waals surface area contributed by atoms with Crippen LogP contribution in [0, 0.1) is 11.2 Å². The zero-order chi connectivity index (χ0) is 13.3. The van der Waals surface area contributed by atoms with Crippen LogP contribution in [0.2, 0.25) is 0 Å². The number of phenolic OH excluding ortho intramolecular Hbond substituents is 1.